The van der Waals surface area contributed by atoms with Gasteiger partial charge in [0.2, 0.25) is 11.8 Å². The Balaban J connectivity index is 2.10. The van der Waals surface area contributed by atoms with Crippen LogP contribution in [0.25, 0.3) is 0 Å². The Hall–Kier alpha value is -3.78. The average molecular weight is 525 g/mol. The number of hydrogen-bond donors (Lipinski definition) is 3. The number of allylic oxidation sites excluding steroid dienone is 2. The molecule has 8 heteroatoms. The molecule has 3 atom stereocenters. The largest absolute Gasteiger partial charge is 0.463 e. The third-order valence-corrected chi connectivity index (χ3v) is 5.97. The van der Waals surface area contributed by atoms with Crippen molar-refractivity contribution in [3.05, 3.63) is 96.9 Å². The minimum absolute atomic E-state index is 0.0607. The monoisotopic (exact) mass is 524 g/mol. The van der Waals surface area contributed by atoms with Crippen LogP contribution in [0.4, 0.5) is 4.39 Å². The van der Waals surface area contributed by atoms with Gasteiger partial charge in [0.05, 0.1) is 24.5 Å². The molecule has 38 heavy (non-hydrogen) atoms. The van der Waals surface area contributed by atoms with Gasteiger partial charge in [-0.25, -0.2) is 4.39 Å². The Bertz CT molecular complexity index is 1040. The third kappa shape index (κ3) is 11.1. The van der Waals surface area contributed by atoms with Crippen molar-refractivity contribution in [2.75, 3.05) is 19.8 Å². The first kappa shape index (κ1) is 30.4. The zero-order valence-electron chi connectivity index (χ0n) is 21.6. The summed E-state index contributed by atoms with van der Waals surface area (Å²) in [6, 6.07) is 14.9. The van der Waals surface area contributed by atoms with Crippen LogP contribution >= 0.6 is 0 Å². The lowest BCUT2D eigenvalue weighted by Gasteiger charge is -2.23. The number of aliphatic hydroxyl groups is 1. The molecule has 7 nitrogen and oxygen atoms in total. The highest BCUT2D eigenvalue weighted by Crippen LogP contribution is 2.17. The van der Waals surface area contributed by atoms with Gasteiger partial charge >= 0.3 is 5.97 Å². The summed E-state index contributed by atoms with van der Waals surface area (Å²) >= 11 is 0. The highest BCUT2D eigenvalue weighted by molar-refractivity contribution is 5.86. The fourth-order valence-corrected chi connectivity index (χ4v) is 4.01. The van der Waals surface area contributed by atoms with Crippen molar-refractivity contribution in [2.24, 2.45) is 11.8 Å². The number of halogens is 1. The van der Waals surface area contributed by atoms with Crippen LogP contribution in [0.3, 0.4) is 0 Å². The number of nitrogens with one attached hydrogen (secondary N) is 2. The number of carbonyl (C=O) groups excluding carboxylic acids is 3. The summed E-state index contributed by atoms with van der Waals surface area (Å²) in [5, 5.41) is 14.4. The maximum atomic E-state index is 13.3. The SMILES string of the molecule is C=CC[C@@H](CC(=O)NCCO)C(=O)N[C@@H](COC(=O)[C@@H](CC=C)Cc1ccc(F)cc1)Cc1ccccc1. The lowest BCUT2D eigenvalue weighted by Crippen LogP contribution is -2.44. The van der Waals surface area contributed by atoms with Crippen molar-refractivity contribution in [2.45, 2.75) is 38.1 Å². The minimum Gasteiger partial charge on any atom is -0.463 e. The van der Waals surface area contributed by atoms with Gasteiger partial charge in [-0.1, -0.05) is 54.6 Å². The molecule has 0 saturated carbocycles. The highest BCUT2D eigenvalue weighted by atomic mass is 19.1. The van der Waals surface area contributed by atoms with Crippen LogP contribution in [0.1, 0.15) is 30.4 Å². The number of amides is 2. The summed E-state index contributed by atoms with van der Waals surface area (Å²) in [5.74, 6) is -2.65. The van der Waals surface area contributed by atoms with Crippen molar-refractivity contribution in [3.8, 4) is 0 Å². The summed E-state index contributed by atoms with van der Waals surface area (Å²) in [6.45, 7) is 7.27. The van der Waals surface area contributed by atoms with Gasteiger partial charge in [-0.15, -0.1) is 13.2 Å². The van der Waals surface area contributed by atoms with E-state index in [1.807, 2.05) is 30.3 Å². The standard InChI is InChI=1S/C30H37FN2O5/c1-3-8-24(20-28(35)32-16-17-34)29(36)33-27(19-22-10-6-5-7-11-22)21-38-30(37)25(9-4-2)18-23-12-14-26(31)15-13-23/h3-7,10-15,24-25,27,34H,1-2,8-9,16-21H2,(H,32,35)(H,33,36)/t24-,25-,27+/m0/s1. The van der Waals surface area contributed by atoms with E-state index in [9.17, 15) is 18.8 Å². The van der Waals surface area contributed by atoms with Crippen molar-refractivity contribution in [3.63, 3.8) is 0 Å². The van der Waals surface area contributed by atoms with Gasteiger partial charge < -0.3 is 20.5 Å². The molecule has 0 aromatic heterocycles. The molecule has 204 valence electrons. The average Bonchev–Trinajstić information content (AvgIpc) is 2.91. The van der Waals surface area contributed by atoms with Crippen molar-refractivity contribution in [1.82, 2.24) is 10.6 Å². The molecule has 0 heterocycles. The van der Waals surface area contributed by atoms with Crippen LogP contribution in [-0.2, 0) is 32.0 Å². The molecular weight excluding hydrogens is 487 g/mol. The Labute approximate surface area is 223 Å². The summed E-state index contributed by atoms with van der Waals surface area (Å²) in [4.78, 5) is 38.3. The maximum absolute atomic E-state index is 13.3. The summed E-state index contributed by atoms with van der Waals surface area (Å²) < 4.78 is 18.9. The number of aliphatic hydroxyl groups excluding tert-OH is 1. The van der Waals surface area contributed by atoms with Gasteiger partial charge in [0.25, 0.3) is 0 Å². The molecule has 2 aromatic rings. The lowest BCUT2D eigenvalue weighted by atomic mass is 9.96. The zero-order chi connectivity index (χ0) is 27.8. The van der Waals surface area contributed by atoms with E-state index < -0.39 is 23.8 Å². The number of ether oxygens (including phenoxy) is 1. The number of esters is 1. The normalized spacial score (nSPS) is 13.0. The second kappa shape index (κ2) is 16.9. The van der Waals surface area contributed by atoms with E-state index in [0.29, 0.717) is 19.3 Å². The van der Waals surface area contributed by atoms with E-state index >= 15 is 0 Å². The fourth-order valence-electron chi connectivity index (χ4n) is 4.01. The summed E-state index contributed by atoms with van der Waals surface area (Å²) in [5.41, 5.74) is 1.75. The first-order chi connectivity index (χ1) is 18.4. The van der Waals surface area contributed by atoms with Crippen LogP contribution in [0, 0.1) is 17.7 Å². The van der Waals surface area contributed by atoms with Gasteiger partial charge in [0, 0.05) is 13.0 Å². The van der Waals surface area contributed by atoms with Crippen LogP contribution in [0.2, 0.25) is 0 Å². The second-order valence-corrected chi connectivity index (χ2v) is 9.08. The molecule has 2 aromatic carbocycles. The molecule has 0 spiro atoms. The zero-order valence-corrected chi connectivity index (χ0v) is 21.6. The molecule has 0 aliphatic rings. The van der Waals surface area contributed by atoms with E-state index in [-0.39, 0.29) is 50.2 Å². The number of rotatable bonds is 17. The van der Waals surface area contributed by atoms with Gasteiger partial charge in [0.15, 0.2) is 0 Å². The van der Waals surface area contributed by atoms with Crippen LogP contribution in [0.15, 0.2) is 79.9 Å². The first-order valence-corrected chi connectivity index (χ1v) is 12.7. The Morgan fingerprint density at radius 3 is 2.18 bits per heavy atom. The number of benzene rings is 2. The quantitative estimate of drug-likeness (QED) is 0.217. The van der Waals surface area contributed by atoms with E-state index in [4.69, 9.17) is 9.84 Å². The van der Waals surface area contributed by atoms with Crippen molar-refractivity contribution >= 4 is 17.8 Å². The number of hydrogen-bond acceptors (Lipinski definition) is 5. The summed E-state index contributed by atoms with van der Waals surface area (Å²) in [7, 11) is 0. The van der Waals surface area contributed by atoms with Gasteiger partial charge in [0.1, 0.15) is 12.4 Å². The Kier molecular flexibility index (Phi) is 13.5. The van der Waals surface area contributed by atoms with E-state index in [1.165, 1.54) is 12.1 Å². The maximum Gasteiger partial charge on any atom is 0.309 e. The Morgan fingerprint density at radius 1 is 0.921 bits per heavy atom. The topological polar surface area (TPSA) is 105 Å². The molecule has 0 unspecified atom stereocenters. The summed E-state index contributed by atoms with van der Waals surface area (Å²) in [6.07, 6.45) is 4.61. The van der Waals surface area contributed by atoms with Crippen LogP contribution in [-0.4, -0.2) is 48.7 Å². The van der Waals surface area contributed by atoms with E-state index in [0.717, 1.165) is 11.1 Å². The molecule has 0 bridgehead atoms. The molecule has 0 fully saturated rings. The molecule has 0 aliphatic heterocycles. The van der Waals surface area contributed by atoms with Gasteiger partial charge in [-0.2, -0.15) is 0 Å². The van der Waals surface area contributed by atoms with Crippen LogP contribution < -0.4 is 10.6 Å². The molecule has 3 N–H and O–H groups in total. The van der Waals surface area contributed by atoms with Crippen molar-refractivity contribution in [1.29, 1.82) is 0 Å². The van der Waals surface area contributed by atoms with Crippen molar-refractivity contribution < 1.29 is 28.6 Å². The number of carbonyl (C=O) groups is 3. The predicted octanol–water partition coefficient (Wildman–Crippen LogP) is 3.52. The molecule has 0 radical (unpaired) electrons. The third-order valence-electron chi connectivity index (χ3n) is 5.97. The smallest absolute Gasteiger partial charge is 0.309 e. The molecule has 2 amide bonds. The van der Waals surface area contributed by atoms with E-state index in [1.54, 1.807) is 24.3 Å². The molecule has 2 rings (SSSR count). The van der Waals surface area contributed by atoms with Gasteiger partial charge in [-0.3, -0.25) is 14.4 Å². The fraction of sp³-hybridized carbons (Fsp3) is 0.367. The lowest BCUT2D eigenvalue weighted by molar-refractivity contribution is -0.149. The minimum atomic E-state index is -0.660. The highest BCUT2D eigenvalue weighted by Gasteiger charge is 2.26. The predicted molar refractivity (Wildman–Crippen MR) is 144 cm³/mol. The Morgan fingerprint density at radius 2 is 1.55 bits per heavy atom. The van der Waals surface area contributed by atoms with Crippen LogP contribution in [0.5, 0.6) is 0 Å². The van der Waals surface area contributed by atoms with E-state index in [2.05, 4.69) is 23.8 Å². The molecule has 0 saturated heterocycles. The second-order valence-electron chi connectivity index (χ2n) is 9.08. The molecule has 0 aliphatic carbocycles. The van der Waals surface area contributed by atoms with Gasteiger partial charge in [-0.05, 0) is 48.9 Å². The first-order valence-electron chi connectivity index (χ1n) is 12.7. The molecular formula is C30H37FN2O5.